The quantitative estimate of drug-likeness (QED) is 0.701. The maximum absolute atomic E-state index is 11.0. The smallest absolute Gasteiger partial charge is 0.137 e. The Balaban J connectivity index is 2.02. The van der Waals surface area contributed by atoms with Crippen molar-refractivity contribution in [2.45, 2.75) is 63.1 Å². The van der Waals surface area contributed by atoms with Crippen molar-refractivity contribution >= 4 is 6.29 Å². The van der Waals surface area contributed by atoms with Crippen molar-refractivity contribution in [3.63, 3.8) is 0 Å². The van der Waals surface area contributed by atoms with Crippen LogP contribution in [0.3, 0.4) is 0 Å². The van der Waals surface area contributed by atoms with Crippen molar-refractivity contribution in [1.82, 2.24) is 4.90 Å². The van der Waals surface area contributed by atoms with Crippen LogP contribution in [0, 0.1) is 0 Å². The number of carbonyl (C=O) groups is 1. The molecule has 0 bridgehead atoms. The molecule has 1 N–H and O–H groups in total. The molecule has 0 amide bonds. The average Bonchev–Trinajstić information content (AvgIpc) is 2.30. The summed E-state index contributed by atoms with van der Waals surface area (Å²) in [6, 6.07) is 0.311. The van der Waals surface area contributed by atoms with Gasteiger partial charge < -0.3 is 9.90 Å². The fraction of sp³-hybridized carbons (Fsp3) is 0.917. The summed E-state index contributed by atoms with van der Waals surface area (Å²) >= 11 is 0. The van der Waals surface area contributed by atoms with Crippen LogP contribution in [0.25, 0.3) is 0 Å². The Labute approximate surface area is 91.5 Å². The number of rotatable bonds is 2. The largest absolute Gasteiger partial charge is 0.391 e. The summed E-state index contributed by atoms with van der Waals surface area (Å²) in [5.41, 5.74) is 0. The van der Waals surface area contributed by atoms with Gasteiger partial charge in [0.15, 0.2) is 0 Å². The molecule has 1 saturated carbocycles. The van der Waals surface area contributed by atoms with Gasteiger partial charge in [-0.25, -0.2) is 0 Å². The monoisotopic (exact) mass is 211 g/mol. The Morgan fingerprint density at radius 1 is 1.07 bits per heavy atom. The number of hydrogen-bond donors (Lipinski definition) is 1. The summed E-state index contributed by atoms with van der Waals surface area (Å²) in [6.07, 6.45) is 8.47. The third-order valence-corrected chi connectivity index (χ3v) is 3.87. The fourth-order valence-corrected chi connectivity index (χ4v) is 3.02. The molecule has 1 heterocycles. The lowest BCUT2D eigenvalue weighted by molar-refractivity contribution is -0.116. The van der Waals surface area contributed by atoms with Gasteiger partial charge in [-0.1, -0.05) is 19.3 Å². The maximum Gasteiger partial charge on any atom is 0.137 e. The molecule has 0 radical (unpaired) electrons. The number of piperidine rings is 1. The minimum absolute atomic E-state index is 0.0662. The average molecular weight is 211 g/mol. The molecule has 3 heteroatoms. The van der Waals surface area contributed by atoms with E-state index >= 15 is 0 Å². The molecule has 0 aromatic heterocycles. The van der Waals surface area contributed by atoms with Gasteiger partial charge in [0.25, 0.3) is 0 Å². The van der Waals surface area contributed by atoms with Crippen LogP contribution in [-0.2, 0) is 4.79 Å². The molecular formula is C12H21NO2. The Bertz CT molecular complexity index is 220. The summed E-state index contributed by atoms with van der Waals surface area (Å²) < 4.78 is 0. The lowest BCUT2D eigenvalue weighted by atomic mass is 9.88. The number of aldehydes is 1. The second kappa shape index (κ2) is 5.08. The highest BCUT2D eigenvalue weighted by atomic mass is 16.3. The van der Waals surface area contributed by atoms with Gasteiger partial charge in [-0.3, -0.25) is 4.90 Å². The number of hydrogen-bond acceptors (Lipinski definition) is 3. The van der Waals surface area contributed by atoms with Gasteiger partial charge in [-0.2, -0.15) is 0 Å². The molecule has 0 spiro atoms. The molecule has 15 heavy (non-hydrogen) atoms. The number of nitrogens with zero attached hydrogens (tertiary/aromatic N) is 1. The second-order valence-electron chi connectivity index (χ2n) is 4.86. The molecule has 3 unspecified atom stereocenters. The van der Waals surface area contributed by atoms with Crippen molar-refractivity contribution in [3.05, 3.63) is 0 Å². The number of carbonyl (C=O) groups excluding carboxylic acids is 1. The van der Waals surface area contributed by atoms with Crippen molar-refractivity contribution < 1.29 is 9.90 Å². The third-order valence-electron chi connectivity index (χ3n) is 3.87. The van der Waals surface area contributed by atoms with E-state index in [1.54, 1.807) is 0 Å². The molecule has 2 rings (SSSR count). The van der Waals surface area contributed by atoms with E-state index < -0.39 is 0 Å². The van der Waals surface area contributed by atoms with Crippen LogP contribution < -0.4 is 0 Å². The summed E-state index contributed by atoms with van der Waals surface area (Å²) in [4.78, 5) is 13.2. The van der Waals surface area contributed by atoms with Gasteiger partial charge in [0.1, 0.15) is 6.29 Å². The van der Waals surface area contributed by atoms with E-state index in [0.29, 0.717) is 0 Å². The lowest BCUT2D eigenvalue weighted by Gasteiger charge is -2.42. The van der Waals surface area contributed by atoms with Crippen LogP contribution in [0.15, 0.2) is 0 Å². The SMILES string of the molecule is O=CC1CCCCN1C1CCCCC1O. The molecular weight excluding hydrogens is 190 g/mol. The van der Waals surface area contributed by atoms with Crippen LogP contribution in [0.4, 0.5) is 0 Å². The predicted molar refractivity (Wildman–Crippen MR) is 58.7 cm³/mol. The van der Waals surface area contributed by atoms with Gasteiger partial charge in [-0.15, -0.1) is 0 Å². The molecule has 1 aliphatic carbocycles. The summed E-state index contributed by atoms with van der Waals surface area (Å²) in [6.45, 7) is 0.991. The fourth-order valence-electron chi connectivity index (χ4n) is 3.02. The molecule has 0 aromatic carbocycles. The first-order valence-electron chi connectivity index (χ1n) is 6.22. The van der Waals surface area contributed by atoms with Crippen LogP contribution in [-0.4, -0.2) is 41.0 Å². The first kappa shape index (κ1) is 11.1. The predicted octanol–water partition coefficient (Wildman–Crippen LogP) is 1.34. The van der Waals surface area contributed by atoms with Crippen LogP contribution >= 0.6 is 0 Å². The van der Waals surface area contributed by atoms with Gasteiger partial charge in [0, 0.05) is 6.04 Å². The van der Waals surface area contributed by atoms with Crippen LogP contribution in [0.5, 0.6) is 0 Å². The first-order valence-corrected chi connectivity index (χ1v) is 6.22. The van der Waals surface area contributed by atoms with E-state index in [4.69, 9.17) is 0 Å². The number of aliphatic hydroxyl groups is 1. The molecule has 1 saturated heterocycles. The summed E-state index contributed by atoms with van der Waals surface area (Å²) in [7, 11) is 0. The highest BCUT2D eigenvalue weighted by Crippen LogP contribution is 2.28. The topological polar surface area (TPSA) is 40.5 Å². The number of aliphatic hydroxyl groups excluding tert-OH is 1. The standard InChI is InChI=1S/C12H21NO2/c14-9-10-5-3-4-8-13(10)11-6-1-2-7-12(11)15/h9-12,15H,1-8H2. The molecule has 1 aliphatic heterocycles. The second-order valence-corrected chi connectivity index (χ2v) is 4.86. The van der Waals surface area contributed by atoms with Crippen molar-refractivity contribution in [1.29, 1.82) is 0 Å². The van der Waals surface area contributed by atoms with Gasteiger partial charge in [0.2, 0.25) is 0 Å². The van der Waals surface area contributed by atoms with E-state index in [0.717, 1.165) is 44.9 Å². The third kappa shape index (κ3) is 2.40. The van der Waals surface area contributed by atoms with Crippen molar-refractivity contribution in [3.8, 4) is 0 Å². The van der Waals surface area contributed by atoms with E-state index in [-0.39, 0.29) is 18.2 Å². The highest BCUT2D eigenvalue weighted by Gasteiger charge is 2.34. The summed E-state index contributed by atoms with van der Waals surface area (Å²) in [5.74, 6) is 0. The zero-order valence-electron chi connectivity index (χ0n) is 9.27. The first-order chi connectivity index (χ1) is 7.33. The zero-order chi connectivity index (χ0) is 10.7. The van der Waals surface area contributed by atoms with Crippen LogP contribution in [0.2, 0.25) is 0 Å². The number of likely N-dealkylation sites (tertiary alicyclic amines) is 1. The molecule has 3 nitrogen and oxygen atoms in total. The van der Waals surface area contributed by atoms with E-state index in [9.17, 15) is 9.90 Å². The Kier molecular flexibility index (Phi) is 3.76. The Hall–Kier alpha value is -0.410. The van der Waals surface area contributed by atoms with E-state index in [1.807, 2.05) is 0 Å². The van der Waals surface area contributed by atoms with Crippen LogP contribution in [0.1, 0.15) is 44.9 Å². The Morgan fingerprint density at radius 2 is 1.80 bits per heavy atom. The van der Waals surface area contributed by atoms with Crippen molar-refractivity contribution in [2.24, 2.45) is 0 Å². The lowest BCUT2D eigenvalue weighted by Crippen LogP contribution is -2.52. The van der Waals surface area contributed by atoms with Gasteiger partial charge >= 0.3 is 0 Å². The molecule has 2 aliphatic rings. The summed E-state index contributed by atoms with van der Waals surface area (Å²) in [5, 5.41) is 9.98. The molecule has 86 valence electrons. The van der Waals surface area contributed by atoms with E-state index in [1.165, 1.54) is 12.8 Å². The molecule has 0 aromatic rings. The van der Waals surface area contributed by atoms with Gasteiger partial charge in [-0.05, 0) is 32.2 Å². The highest BCUT2D eigenvalue weighted by molar-refractivity contribution is 5.57. The molecule has 3 atom stereocenters. The Morgan fingerprint density at radius 3 is 2.53 bits per heavy atom. The normalized spacial score (nSPS) is 38.9. The minimum Gasteiger partial charge on any atom is -0.391 e. The van der Waals surface area contributed by atoms with Gasteiger partial charge in [0.05, 0.1) is 12.1 Å². The minimum atomic E-state index is -0.209. The molecule has 2 fully saturated rings. The van der Waals surface area contributed by atoms with E-state index in [2.05, 4.69) is 4.90 Å². The van der Waals surface area contributed by atoms with Crippen molar-refractivity contribution in [2.75, 3.05) is 6.54 Å². The maximum atomic E-state index is 11.0. The zero-order valence-corrected chi connectivity index (χ0v) is 9.27.